The van der Waals surface area contributed by atoms with Crippen molar-refractivity contribution in [1.82, 2.24) is 15.3 Å². The molecule has 0 atom stereocenters. The fourth-order valence-corrected chi connectivity index (χ4v) is 3.45. The molecule has 20 heavy (non-hydrogen) atoms. The molecule has 0 unspecified atom stereocenters. The summed E-state index contributed by atoms with van der Waals surface area (Å²) in [6, 6.07) is 1.60. The fraction of sp³-hybridized carbons (Fsp3) is 0.385. The van der Waals surface area contributed by atoms with E-state index in [4.69, 9.17) is 11.6 Å². The van der Waals surface area contributed by atoms with Crippen LogP contribution in [0.25, 0.3) is 0 Å². The number of rotatable bonds is 3. The number of hydrogen-bond acceptors (Lipinski definition) is 4. The third-order valence-corrected chi connectivity index (χ3v) is 4.67. The van der Waals surface area contributed by atoms with Crippen molar-refractivity contribution < 1.29 is 4.79 Å². The van der Waals surface area contributed by atoms with E-state index in [0.29, 0.717) is 21.8 Å². The third-order valence-electron chi connectivity index (χ3n) is 3.38. The Bertz CT molecular complexity index is 603. The molecule has 0 bridgehead atoms. The van der Waals surface area contributed by atoms with Crippen LogP contribution in [0.1, 0.15) is 34.1 Å². The summed E-state index contributed by atoms with van der Waals surface area (Å²) in [6.07, 6.45) is 5.71. The van der Waals surface area contributed by atoms with Crippen LogP contribution in [0.15, 0.2) is 18.5 Å². The van der Waals surface area contributed by atoms with Crippen LogP contribution in [-0.4, -0.2) is 29.0 Å². The van der Waals surface area contributed by atoms with Crippen LogP contribution in [0.5, 0.6) is 0 Å². The van der Waals surface area contributed by atoms with Crippen LogP contribution >= 0.6 is 22.9 Å². The van der Waals surface area contributed by atoms with Crippen LogP contribution < -0.4 is 10.6 Å². The van der Waals surface area contributed by atoms with Gasteiger partial charge >= 0.3 is 0 Å². The quantitative estimate of drug-likeness (QED) is 0.816. The van der Waals surface area contributed by atoms with Gasteiger partial charge in [-0.15, -0.1) is 11.3 Å². The van der Waals surface area contributed by atoms with Crippen molar-refractivity contribution in [3.63, 3.8) is 0 Å². The van der Waals surface area contributed by atoms with Crippen LogP contribution in [0.3, 0.4) is 0 Å². The lowest BCUT2D eigenvalue weighted by Gasteiger charge is -2.20. The lowest BCUT2D eigenvalue weighted by molar-refractivity contribution is 0.102. The number of piperidine rings is 1. The molecule has 5 nitrogen and oxygen atoms in total. The van der Waals surface area contributed by atoms with E-state index < -0.39 is 0 Å². The van der Waals surface area contributed by atoms with E-state index in [0.717, 1.165) is 25.9 Å². The second kappa shape index (κ2) is 5.95. The predicted molar refractivity (Wildman–Crippen MR) is 80.7 cm³/mol. The summed E-state index contributed by atoms with van der Waals surface area (Å²) in [7, 11) is 0. The Morgan fingerprint density at radius 2 is 2.25 bits per heavy atom. The number of thiazole rings is 1. The van der Waals surface area contributed by atoms with Crippen molar-refractivity contribution in [2.45, 2.75) is 18.8 Å². The maximum atomic E-state index is 12.0. The maximum Gasteiger partial charge on any atom is 0.273 e. The lowest BCUT2D eigenvalue weighted by atomic mass is 9.97. The summed E-state index contributed by atoms with van der Waals surface area (Å²) in [5, 5.41) is 7.29. The molecule has 1 aliphatic heterocycles. The van der Waals surface area contributed by atoms with Crippen molar-refractivity contribution in [2.24, 2.45) is 0 Å². The Morgan fingerprint density at radius 3 is 2.95 bits per heavy atom. The largest absolute Gasteiger partial charge is 0.356 e. The molecular weight excluding hydrogens is 296 g/mol. The molecule has 3 N–H and O–H groups in total. The zero-order valence-electron chi connectivity index (χ0n) is 10.8. The van der Waals surface area contributed by atoms with Crippen LogP contribution in [-0.2, 0) is 0 Å². The van der Waals surface area contributed by atoms with Gasteiger partial charge in [0, 0.05) is 17.3 Å². The standard InChI is InChI=1S/C13H15ClN4OS/c14-9-5-10(16-6-9)12(19)18-13-17-7-11(20-13)8-1-3-15-4-2-8/h5-8,15-16H,1-4H2,(H,17,18,19). The Balaban J connectivity index is 1.66. The highest BCUT2D eigenvalue weighted by atomic mass is 35.5. The van der Waals surface area contributed by atoms with Gasteiger partial charge in [0.15, 0.2) is 5.13 Å². The summed E-state index contributed by atoms with van der Waals surface area (Å²) in [6.45, 7) is 2.09. The van der Waals surface area contributed by atoms with Crippen LogP contribution in [0.4, 0.5) is 5.13 Å². The van der Waals surface area contributed by atoms with Crippen molar-refractivity contribution in [3.8, 4) is 0 Å². The van der Waals surface area contributed by atoms with Crippen LogP contribution in [0.2, 0.25) is 5.02 Å². The Morgan fingerprint density at radius 1 is 1.45 bits per heavy atom. The molecule has 0 radical (unpaired) electrons. The lowest BCUT2D eigenvalue weighted by Crippen LogP contribution is -2.26. The summed E-state index contributed by atoms with van der Waals surface area (Å²) in [5.41, 5.74) is 0.439. The number of aromatic nitrogens is 2. The molecule has 3 rings (SSSR count). The summed E-state index contributed by atoms with van der Waals surface area (Å²) >= 11 is 7.33. The molecule has 0 aromatic carbocycles. The van der Waals surface area contributed by atoms with E-state index in [1.807, 2.05) is 6.20 Å². The first-order chi connectivity index (χ1) is 9.72. The zero-order chi connectivity index (χ0) is 13.9. The molecule has 7 heteroatoms. The third kappa shape index (κ3) is 3.03. The molecule has 2 aromatic rings. The molecule has 3 heterocycles. The molecule has 1 fully saturated rings. The van der Waals surface area contributed by atoms with Gasteiger partial charge in [0.2, 0.25) is 0 Å². The Labute approximate surface area is 125 Å². The SMILES string of the molecule is O=C(Nc1ncc(C2CCNCC2)s1)c1cc(Cl)c[nH]1. The number of nitrogens with one attached hydrogen (secondary N) is 3. The molecule has 2 aromatic heterocycles. The second-order valence-corrected chi connectivity index (χ2v) is 6.28. The number of nitrogens with zero attached hydrogens (tertiary/aromatic N) is 1. The minimum atomic E-state index is -0.219. The molecule has 0 spiro atoms. The molecular formula is C13H15ClN4OS. The van der Waals surface area contributed by atoms with Crippen LogP contribution in [0, 0.1) is 0 Å². The highest BCUT2D eigenvalue weighted by Crippen LogP contribution is 2.31. The highest BCUT2D eigenvalue weighted by Gasteiger charge is 2.18. The predicted octanol–water partition coefficient (Wildman–Crippen LogP) is 2.84. The monoisotopic (exact) mass is 310 g/mol. The first kappa shape index (κ1) is 13.6. The first-order valence-corrected chi connectivity index (χ1v) is 7.73. The number of aromatic amines is 1. The molecule has 1 saturated heterocycles. The minimum absolute atomic E-state index is 0.219. The number of hydrogen-bond donors (Lipinski definition) is 3. The Kier molecular flexibility index (Phi) is 4.05. The van der Waals surface area contributed by atoms with E-state index in [9.17, 15) is 4.79 Å². The van der Waals surface area contributed by atoms with Gasteiger partial charge < -0.3 is 10.3 Å². The van der Waals surface area contributed by atoms with E-state index in [2.05, 4.69) is 20.6 Å². The highest BCUT2D eigenvalue weighted by molar-refractivity contribution is 7.15. The average molecular weight is 311 g/mol. The normalized spacial score (nSPS) is 16.2. The maximum absolute atomic E-state index is 12.0. The number of halogens is 1. The van der Waals surface area contributed by atoms with Gasteiger partial charge in [0.1, 0.15) is 5.69 Å². The van der Waals surface area contributed by atoms with Gasteiger partial charge in [-0.05, 0) is 37.9 Å². The molecule has 1 aliphatic rings. The minimum Gasteiger partial charge on any atom is -0.356 e. The molecule has 0 aliphatic carbocycles. The zero-order valence-corrected chi connectivity index (χ0v) is 12.4. The number of H-pyrrole nitrogens is 1. The molecule has 106 valence electrons. The van der Waals surface area contributed by atoms with Gasteiger partial charge in [-0.3, -0.25) is 10.1 Å². The number of carbonyl (C=O) groups excluding carboxylic acids is 1. The topological polar surface area (TPSA) is 69.8 Å². The van der Waals surface area contributed by atoms with E-state index in [1.165, 1.54) is 4.88 Å². The molecule has 1 amide bonds. The number of anilines is 1. The average Bonchev–Trinajstić information content (AvgIpc) is 3.09. The van der Waals surface area contributed by atoms with E-state index in [-0.39, 0.29) is 5.91 Å². The number of amides is 1. The van der Waals surface area contributed by atoms with Crippen molar-refractivity contribution in [3.05, 3.63) is 34.1 Å². The fourth-order valence-electron chi connectivity index (χ4n) is 2.30. The smallest absolute Gasteiger partial charge is 0.273 e. The Hall–Kier alpha value is -1.37. The van der Waals surface area contributed by atoms with Gasteiger partial charge in [-0.25, -0.2) is 4.98 Å². The molecule has 0 saturated carbocycles. The second-order valence-electron chi connectivity index (χ2n) is 4.78. The summed E-state index contributed by atoms with van der Waals surface area (Å²) in [4.78, 5) is 20.3. The van der Waals surface area contributed by atoms with Crippen molar-refractivity contribution in [2.75, 3.05) is 18.4 Å². The van der Waals surface area contributed by atoms with E-state index >= 15 is 0 Å². The van der Waals surface area contributed by atoms with Gasteiger partial charge in [0.05, 0.1) is 5.02 Å². The van der Waals surface area contributed by atoms with Crippen molar-refractivity contribution in [1.29, 1.82) is 0 Å². The van der Waals surface area contributed by atoms with Gasteiger partial charge in [0.25, 0.3) is 5.91 Å². The van der Waals surface area contributed by atoms with Gasteiger partial charge in [-0.2, -0.15) is 0 Å². The van der Waals surface area contributed by atoms with Gasteiger partial charge in [-0.1, -0.05) is 11.6 Å². The van der Waals surface area contributed by atoms with E-state index in [1.54, 1.807) is 23.6 Å². The first-order valence-electron chi connectivity index (χ1n) is 6.54. The summed E-state index contributed by atoms with van der Waals surface area (Å²) < 4.78 is 0. The number of carbonyl (C=O) groups is 1. The van der Waals surface area contributed by atoms with Crippen molar-refractivity contribution >= 4 is 34.0 Å². The summed E-state index contributed by atoms with van der Waals surface area (Å²) in [5.74, 6) is 0.336.